The Morgan fingerprint density at radius 2 is 1.53 bits per heavy atom. The monoisotopic (exact) mass is 592 g/mol. The number of esters is 1. The number of imide groups is 1. The van der Waals surface area contributed by atoms with E-state index < -0.39 is 35.1 Å². The van der Waals surface area contributed by atoms with E-state index >= 15 is 0 Å². The third-order valence-corrected chi connectivity index (χ3v) is 8.74. The summed E-state index contributed by atoms with van der Waals surface area (Å²) in [6.45, 7) is -0.603. The van der Waals surface area contributed by atoms with Gasteiger partial charge in [-0.05, 0) is 37.1 Å². The van der Waals surface area contributed by atoms with E-state index in [1.807, 2.05) is 0 Å². The molecule has 2 aromatic carbocycles. The highest BCUT2D eigenvalue weighted by molar-refractivity contribution is 9.12. The van der Waals surface area contributed by atoms with Crippen LogP contribution in [0.4, 0.5) is 11.4 Å². The maximum atomic E-state index is 13.1. The molecule has 11 heteroatoms. The van der Waals surface area contributed by atoms with Crippen LogP contribution in [0.15, 0.2) is 48.5 Å². The molecule has 9 nitrogen and oxygen atoms in total. The van der Waals surface area contributed by atoms with E-state index in [-0.39, 0.29) is 44.0 Å². The van der Waals surface area contributed by atoms with Crippen molar-refractivity contribution in [2.45, 2.75) is 22.5 Å². The Morgan fingerprint density at radius 3 is 2.09 bits per heavy atom. The highest BCUT2D eigenvalue weighted by Crippen LogP contribution is 2.44. The third kappa shape index (κ3) is 4.54. The number of nitro groups is 1. The maximum Gasteiger partial charge on any atom is 0.340 e. The Kier molecular flexibility index (Phi) is 6.94. The topological polar surface area (TPSA) is 124 Å². The van der Waals surface area contributed by atoms with Crippen LogP contribution in [0, 0.1) is 22.0 Å². The summed E-state index contributed by atoms with van der Waals surface area (Å²) in [7, 11) is 0. The molecule has 0 N–H and O–H groups in total. The molecule has 1 heterocycles. The molecule has 1 saturated carbocycles. The van der Waals surface area contributed by atoms with E-state index in [9.17, 15) is 29.3 Å². The van der Waals surface area contributed by atoms with Crippen LogP contribution in [-0.2, 0) is 14.3 Å². The number of halogens is 2. The Hall–Kier alpha value is -2.92. The number of nitrogens with zero attached hydrogens (tertiary/aromatic N) is 2. The quantitative estimate of drug-likeness (QED) is 0.123. The number of carbonyl (C=O) groups excluding carboxylic acids is 4. The smallest absolute Gasteiger partial charge is 0.340 e. The molecule has 2 aliphatic rings. The van der Waals surface area contributed by atoms with Crippen molar-refractivity contribution in [3.63, 3.8) is 0 Å². The normalized spacial score (nSPS) is 24.0. The number of carbonyl (C=O) groups is 4. The molecule has 2 amide bonds. The molecule has 1 aliphatic heterocycles. The number of amides is 2. The number of para-hydroxylation sites is 1. The van der Waals surface area contributed by atoms with Crippen LogP contribution < -0.4 is 4.90 Å². The first-order chi connectivity index (χ1) is 16.2. The SMILES string of the molecule is O=C(COC(=O)c1ccccc1N1C(=O)[C@H]2C[C@@H](Br)[C@@H](Br)C[C@H]2C1=O)c1ccc([N+](=O)[O-])cc1. The van der Waals surface area contributed by atoms with Crippen molar-refractivity contribution in [1.82, 2.24) is 0 Å². The summed E-state index contributed by atoms with van der Waals surface area (Å²) < 4.78 is 5.16. The summed E-state index contributed by atoms with van der Waals surface area (Å²) in [5.41, 5.74) is 0.0943. The average molecular weight is 594 g/mol. The molecular formula is C23H18Br2N2O7. The molecule has 0 aromatic heterocycles. The first kappa shape index (κ1) is 24.2. The number of fused-ring (bicyclic) bond motifs is 1. The van der Waals surface area contributed by atoms with Crippen molar-refractivity contribution in [3.05, 3.63) is 69.8 Å². The maximum absolute atomic E-state index is 13.1. The van der Waals surface area contributed by atoms with E-state index in [2.05, 4.69) is 31.9 Å². The third-order valence-electron chi connectivity index (χ3n) is 6.01. The molecule has 34 heavy (non-hydrogen) atoms. The van der Waals surface area contributed by atoms with Gasteiger partial charge < -0.3 is 4.74 Å². The van der Waals surface area contributed by atoms with Crippen LogP contribution >= 0.6 is 31.9 Å². The number of hydrogen-bond donors (Lipinski definition) is 0. The lowest BCUT2D eigenvalue weighted by atomic mass is 9.81. The minimum absolute atomic E-state index is 0.00914. The fourth-order valence-electron chi connectivity index (χ4n) is 4.24. The second-order valence-corrected chi connectivity index (χ2v) is 10.4. The van der Waals surface area contributed by atoms with Gasteiger partial charge in [-0.15, -0.1) is 0 Å². The van der Waals surface area contributed by atoms with Crippen LogP contribution in [0.2, 0.25) is 0 Å². The second-order valence-electron chi connectivity index (χ2n) is 8.05. The number of rotatable bonds is 6. The fourth-order valence-corrected chi connectivity index (χ4v) is 5.47. The number of non-ortho nitro benzene ring substituents is 1. The molecule has 1 saturated heterocycles. The van der Waals surface area contributed by atoms with Crippen molar-refractivity contribution in [1.29, 1.82) is 0 Å². The number of Topliss-reactive ketones (excluding diaryl/α,β-unsaturated/α-hetero) is 1. The minimum Gasteiger partial charge on any atom is -0.454 e. The molecule has 0 spiro atoms. The molecule has 4 rings (SSSR count). The summed E-state index contributed by atoms with van der Waals surface area (Å²) in [6.07, 6.45) is 0.996. The predicted octanol–water partition coefficient (Wildman–Crippen LogP) is 4.06. The van der Waals surface area contributed by atoms with Gasteiger partial charge >= 0.3 is 5.97 Å². The molecule has 4 atom stereocenters. The zero-order valence-electron chi connectivity index (χ0n) is 17.6. The Balaban J connectivity index is 1.50. The molecule has 2 aromatic rings. The molecule has 0 unspecified atom stereocenters. The number of anilines is 1. The minimum atomic E-state index is -0.863. The van der Waals surface area contributed by atoms with Crippen LogP contribution in [0.3, 0.4) is 0 Å². The highest BCUT2D eigenvalue weighted by atomic mass is 79.9. The second kappa shape index (κ2) is 9.75. The van der Waals surface area contributed by atoms with Gasteiger partial charge in [-0.1, -0.05) is 44.0 Å². The van der Waals surface area contributed by atoms with Crippen molar-refractivity contribution in [2.24, 2.45) is 11.8 Å². The van der Waals surface area contributed by atoms with Gasteiger partial charge in [-0.25, -0.2) is 9.69 Å². The van der Waals surface area contributed by atoms with Crippen molar-refractivity contribution in [3.8, 4) is 0 Å². The van der Waals surface area contributed by atoms with E-state index in [1.165, 1.54) is 36.4 Å². The first-order valence-corrected chi connectivity index (χ1v) is 12.2. The Morgan fingerprint density at radius 1 is 0.971 bits per heavy atom. The summed E-state index contributed by atoms with van der Waals surface area (Å²) in [4.78, 5) is 62.7. The number of nitro benzene ring substituents is 1. The number of alkyl halides is 2. The largest absolute Gasteiger partial charge is 0.454 e. The summed E-state index contributed by atoms with van der Waals surface area (Å²) in [5, 5.41) is 10.8. The van der Waals surface area contributed by atoms with Gasteiger partial charge in [0.25, 0.3) is 5.69 Å². The predicted molar refractivity (Wildman–Crippen MR) is 128 cm³/mol. The zero-order valence-corrected chi connectivity index (χ0v) is 20.7. The zero-order chi connectivity index (χ0) is 24.6. The number of hydrogen-bond acceptors (Lipinski definition) is 7. The van der Waals surface area contributed by atoms with Crippen LogP contribution in [0.5, 0.6) is 0 Å². The molecule has 2 fully saturated rings. The van der Waals surface area contributed by atoms with Gasteiger partial charge in [0.15, 0.2) is 12.4 Å². The molecule has 1 aliphatic carbocycles. The standard InChI is InChI=1S/C23H18Br2N2O7/c24-17-9-15-16(10-18(17)25)22(30)26(21(15)29)19-4-2-1-3-14(19)23(31)34-11-20(28)12-5-7-13(8-6-12)27(32)33/h1-8,15-18H,9-11H2/t15-,16+,17+,18-. The van der Waals surface area contributed by atoms with Crippen molar-refractivity contribution in [2.75, 3.05) is 11.5 Å². The van der Waals surface area contributed by atoms with Gasteiger partial charge in [0.05, 0.1) is 28.0 Å². The van der Waals surface area contributed by atoms with Crippen LogP contribution in [0.25, 0.3) is 0 Å². The summed E-state index contributed by atoms with van der Waals surface area (Å²) >= 11 is 7.09. The van der Waals surface area contributed by atoms with Crippen LogP contribution in [-0.4, -0.2) is 44.8 Å². The number of ketones is 1. The lowest BCUT2D eigenvalue weighted by Crippen LogP contribution is -2.34. The Bertz CT molecular complexity index is 1160. The lowest BCUT2D eigenvalue weighted by molar-refractivity contribution is -0.384. The average Bonchev–Trinajstić information content (AvgIpc) is 3.06. The van der Waals surface area contributed by atoms with Gasteiger partial charge in [0, 0.05) is 27.4 Å². The first-order valence-electron chi connectivity index (χ1n) is 10.4. The number of ether oxygens (including phenoxy) is 1. The van der Waals surface area contributed by atoms with Gasteiger partial charge in [-0.2, -0.15) is 0 Å². The van der Waals surface area contributed by atoms with Crippen molar-refractivity contribution < 1.29 is 28.8 Å². The molecular weight excluding hydrogens is 576 g/mol. The molecule has 0 radical (unpaired) electrons. The summed E-state index contributed by atoms with van der Waals surface area (Å²) in [5.74, 6) is -3.08. The van der Waals surface area contributed by atoms with Gasteiger partial charge in [0.1, 0.15) is 0 Å². The lowest BCUT2D eigenvalue weighted by Gasteiger charge is -2.29. The fraction of sp³-hybridized carbons (Fsp3) is 0.304. The highest BCUT2D eigenvalue weighted by Gasteiger charge is 2.52. The molecule has 176 valence electrons. The van der Waals surface area contributed by atoms with E-state index in [1.54, 1.807) is 12.1 Å². The Labute approximate surface area is 210 Å². The summed E-state index contributed by atoms with van der Waals surface area (Å²) in [6, 6.07) is 11.0. The van der Waals surface area contributed by atoms with Crippen LogP contribution in [0.1, 0.15) is 33.6 Å². The van der Waals surface area contributed by atoms with E-state index in [4.69, 9.17) is 4.74 Å². The van der Waals surface area contributed by atoms with E-state index in [0.29, 0.717) is 12.8 Å². The van der Waals surface area contributed by atoms with E-state index in [0.717, 1.165) is 4.90 Å². The number of benzene rings is 2. The molecule has 0 bridgehead atoms. The van der Waals surface area contributed by atoms with Crippen molar-refractivity contribution >= 4 is 66.8 Å². The van der Waals surface area contributed by atoms with Gasteiger partial charge in [0.2, 0.25) is 11.8 Å². The van der Waals surface area contributed by atoms with Gasteiger partial charge in [-0.3, -0.25) is 24.5 Å².